The molecule has 5 nitrogen and oxygen atoms in total. The van der Waals surface area contributed by atoms with Gasteiger partial charge in [0, 0.05) is 31.7 Å². The monoisotopic (exact) mass is 252 g/mol. The van der Waals surface area contributed by atoms with Crippen molar-refractivity contribution in [1.29, 1.82) is 0 Å². The quantitative estimate of drug-likeness (QED) is 0.517. The number of unbranched alkanes of at least 4 members (excludes halogenated alkanes) is 3. The van der Waals surface area contributed by atoms with Crippen LogP contribution in [-0.2, 0) is 14.4 Å². The lowest BCUT2D eigenvalue weighted by Gasteiger charge is -2.13. The van der Waals surface area contributed by atoms with Gasteiger partial charge in [0.15, 0.2) is 0 Å². The highest BCUT2D eigenvalue weighted by Crippen LogP contribution is 2.04. The zero-order valence-electron chi connectivity index (χ0n) is 10.8. The van der Waals surface area contributed by atoms with Gasteiger partial charge in [0.25, 0.3) is 11.8 Å². The Balaban J connectivity index is 2.10. The molecule has 0 bridgehead atoms. The van der Waals surface area contributed by atoms with Gasteiger partial charge >= 0.3 is 0 Å². The first-order valence-electron chi connectivity index (χ1n) is 6.45. The fraction of sp³-hybridized carbons (Fsp3) is 0.615. The number of amides is 3. The number of nitrogens with one attached hydrogen (secondary N) is 1. The van der Waals surface area contributed by atoms with E-state index in [1.165, 1.54) is 25.0 Å². The minimum Gasteiger partial charge on any atom is -0.356 e. The molecule has 0 saturated heterocycles. The Morgan fingerprint density at radius 3 is 2.44 bits per heavy atom. The molecule has 0 spiro atoms. The number of carbonyl (C=O) groups excluding carboxylic acids is 3. The van der Waals surface area contributed by atoms with E-state index in [0.29, 0.717) is 6.54 Å². The minimum atomic E-state index is -0.337. The minimum absolute atomic E-state index is 0.112. The number of nitrogens with zero attached hydrogens (tertiary/aromatic N) is 1. The summed E-state index contributed by atoms with van der Waals surface area (Å²) in [5, 5.41) is 2.79. The molecule has 0 aliphatic carbocycles. The summed E-state index contributed by atoms with van der Waals surface area (Å²) >= 11 is 0. The summed E-state index contributed by atoms with van der Waals surface area (Å²) < 4.78 is 0. The Kier molecular flexibility index (Phi) is 6.11. The number of hydrogen-bond acceptors (Lipinski definition) is 3. The first-order valence-corrected chi connectivity index (χ1v) is 6.45. The van der Waals surface area contributed by atoms with Gasteiger partial charge < -0.3 is 5.32 Å². The molecule has 3 amide bonds. The normalized spacial score (nSPS) is 14.4. The third-order valence-corrected chi connectivity index (χ3v) is 2.82. The zero-order valence-corrected chi connectivity index (χ0v) is 10.8. The van der Waals surface area contributed by atoms with Crippen molar-refractivity contribution >= 4 is 17.7 Å². The highest BCUT2D eigenvalue weighted by atomic mass is 16.2. The molecule has 0 aromatic carbocycles. The Bertz CT molecular complexity index is 332. The second kappa shape index (κ2) is 7.63. The van der Waals surface area contributed by atoms with Crippen molar-refractivity contribution in [2.75, 3.05) is 13.1 Å². The second-order valence-corrected chi connectivity index (χ2v) is 4.32. The molecule has 0 radical (unpaired) electrons. The SMILES string of the molecule is CCCCCCNC(=O)CCN1C(=O)C=CC1=O. The van der Waals surface area contributed by atoms with Crippen LogP contribution in [0.25, 0.3) is 0 Å². The zero-order chi connectivity index (χ0) is 13.4. The average molecular weight is 252 g/mol. The van der Waals surface area contributed by atoms with Crippen molar-refractivity contribution in [3.8, 4) is 0 Å². The van der Waals surface area contributed by atoms with Crippen molar-refractivity contribution < 1.29 is 14.4 Å². The molecule has 1 aliphatic heterocycles. The molecule has 18 heavy (non-hydrogen) atoms. The summed E-state index contributed by atoms with van der Waals surface area (Å²) in [6.07, 6.45) is 7.06. The maximum atomic E-state index is 11.5. The van der Waals surface area contributed by atoms with Crippen LogP contribution in [0, 0.1) is 0 Å². The predicted octanol–water partition coefficient (Wildman–Crippen LogP) is 0.998. The molecule has 0 atom stereocenters. The summed E-state index contributed by atoms with van der Waals surface area (Å²) in [4.78, 5) is 35.0. The molecule has 1 rings (SSSR count). The van der Waals surface area contributed by atoms with E-state index in [1.54, 1.807) is 0 Å². The van der Waals surface area contributed by atoms with Gasteiger partial charge in [-0.15, -0.1) is 0 Å². The van der Waals surface area contributed by atoms with Crippen molar-refractivity contribution in [3.05, 3.63) is 12.2 Å². The second-order valence-electron chi connectivity index (χ2n) is 4.32. The number of imide groups is 1. The lowest BCUT2D eigenvalue weighted by molar-refractivity contribution is -0.137. The number of carbonyl (C=O) groups is 3. The van der Waals surface area contributed by atoms with Gasteiger partial charge in [-0.25, -0.2) is 0 Å². The largest absolute Gasteiger partial charge is 0.356 e. The van der Waals surface area contributed by atoms with Crippen molar-refractivity contribution in [2.45, 2.75) is 39.0 Å². The predicted molar refractivity (Wildman–Crippen MR) is 67.6 cm³/mol. The highest BCUT2D eigenvalue weighted by Gasteiger charge is 2.23. The van der Waals surface area contributed by atoms with E-state index in [1.807, 2.05) is 0 Å². The fourth-order valence-electron chi connectivity index (χ4n) is 1.73. The van der Waals surface area contributed by atoms with E-state index >= 15 is 0 Å². The molecule has 0 aromatic rings. The van der Waals surface area contributed by atoms with Gasteiger partial charge in [-0.2, -0.15) is 0 Å². The number of hydrogen-bond donors (Lipinski definition) is 1. The summed E-state index contributed by atoms with van der Waals surface area (Å²) in [7, 11) is 0. The van der Waals surface area contributed by atoms with Crippen LogP contribution in [0.2, 0.25) is 0 Å². The first kappa shape index (κ1) is 14.4. The van der Waals surface area contributed by atoms with Crippen LogP contribution in [0.5, 0.6) is 0 Å². The van der Waals surface area contributed by atoms with E-state index in [2.05, 4.69) is 12.2 Å². The summed E-state index contributed by atoms with van der Waals surface area (Å²) in [6.45, 7) is 2.96. The standard InChI is InChI=1S/C13H20N2O3/c1-2-3-4-5-9-14-11(16)8-10-15-12(17)6-7-13(15)18/h6-7H,2-5,8-10H2,1H3,(H,14,16). The van der Waals surface area contributed by atoms with E-state index < -0.39 is 0 Å². The van der Waals surface area contributed by atoms with Crippen LogP contribution in [0.3, 0.4) is 0 Å². The van der Waals surface area contributed by atoms with Gasteiger partial charge in [-0.05, 0) is 6.42 Å². The number of rotatable bonds is 8. The van der Waals surface area contributed by atoms with Crippen molar-refractivity contribution in [2.24, 2.45) is 0 Å². The van der Waals surface area contributed by atoms with Crippen LogP contribution in [0.15, 0.2) is 12.2 Å². The van der Waals surface area contributed by atoms with Crippen molar-refractivity contribution in [3.63, 3.8) is 0 Å². The van der Waals surface area contributed by atoms with E-state index in [-0.39, 0.29) is 30.7 Å². The van der Waals surface area contributed by atoms with Gasteiger partial charge in [-0.1, -0.05) is 26.2 Å². The molecule has 0 saturated carbocycles. The molecule has 1 heterocycles. The van der Waals surface area contributed by atoms with Gasteiger partial charge in [0.2, 0.25) is 5.91 Å². The van der Waals surface area contributed by atoms with E-state index in [9.17, 15) is 14.4 Å². The smallest absolute Gasteiger partial charge is 0.253 e. The van der Waals surface area contributed by atoms with Gasteiger partial charge in [0.05, 0.1) is 0 Å². The summed E-state index contributed by atoms with van der Waals surface area (Å²) in [5.74, 6) is -0.787. The van der Waals surface area contributed by atoms with Crippen LogP contribution < -0.4 is 5.32 Å². The van der Waals surface area contributed by atoms with Crippen molar-refractivity contribution in [1.82, 2.24) is 10.2 Å². The Hall–Kier alpha value is -1.65. The van der Waals surface area contributed by atoms with Gasteiger partial charge in [-0.3, -0.25) is 19.3 Å². The molecule has 0 fully saturated rings. The molecule has 5 heteroatoms. The molecule has 1 N–H and O–H groups in total. The van der Waals surface area contributed by atoms with Crippen LogP contribution in [-0.4, -0.2) is 35.7 Å². The topological polar surface area (TPSA) is 66.5 Å². The van der Waals surface area contributed by atoms with Crippen LogP contribution >= 0.6 is 0 Å². The van der Waals surface area contributed by atoms with E-state index in [0.717, 1.165) is 17.7 Å². The average Bonchev–Trinajstić information content (AvgIpc) is 2.66. The molecule has 100 valence electrons. The maximum Gasteiger partial charge on any atom is 0.253 e. The molecule has 1 aliphatic rings. The Labute approximate surface area is 107 Å². The molecule has 0 aromatic heterocycles. The Morgan fingerprint density at radius 2 is 1.83 bits per heavy atom. The third-order valence-electron chi connectivity index (χ3n) is 2.82. The van der Waals surface area contributed by atoms with Gasteiger partial charge in [0.1, 0.15) is 0 Å². The first-order chi connectivity index (χ1) is 8.65. The maximum absolute atomic E-state index is 11.5. The Morgan fingerprint density at radius 1 is 1.17 bits per heavy atom. The molecule has 0 unspecified atom stereocenters. The lowest BCUT2D eigenvalue weighted by Crippen LogP contribution is -2.34. The summed E-state index contributed by atoms with van der Waals surface area (Å²) in [6, 6.07) is 0. The van der Waals surface area contributed by atoms with Crippen LogP contribution in [0.1, 0.15) is 39.0 Å². The third kappa shape index (κ3) is 4.69. The molecular weight excluding hydrogens is 232 g/mol. The lowest BCUT2D eigenvalue weighted by atomic mass is 10.2. The highest BCUT2D eigenvalue weighted by molar-refractivity contribution is 6.13. The van der Waals surface area contributed by atoms with E-state index in [4.69, 9.17) is 0 Å². The molecular formula is C13H20N2O3. The van der Waals surface area contributed by atoms with Crippen LogP contribution in [0.4, 0.5) is 0 Å². The summed E-state index contributed by atoms with van der Waals surface area (Å²) in [5.41, 5.74) is 0. The fourth-order valence-corrected chi connectivity index (χ4v) is 1.73.